The molecule has 4 unspecified atom stereocenters. The molecule has 0 aromatic carbocycles. The quantitative estimate of drug-likeness (QED) is 0.0188. The summed E-state index contributed by atoms with van der Waals surface area (Å²) in [5.74, 6) is -2.82. The summed E-state index contributed by atoms with van der Waals surface area (Å²) in [6.07, 6.45) is 74.6. The maximum atomic E-state index is 13.0. The molecule has 0 aliphatic rings. The standard InChI is InChI=1S/C43H85N3O5.C42H83N3O5/c1-3-5-7-9-11-13-15-17-19-21-23-25-27-31-37-50-41(47)35-34-40(46-42(48)39(45)33-29-30-36-44)43(49)51-38-32-28-26-24-22-20-18-16-14-12-10-8-6-4-2;1-3-5-7-9-11-13-15-17-19-21-23-25-27-31-35-49-40(46)37-39(45-41(47)38(44)33-29-30-34-43)42(48)50-36-32-28-26-24-22-20-18-16-14-12-10-8-6-4-2/h39-40H,3-38,44-45H2,1-2H3,(H,46,48);38-39H,3-37,43-44H2,1-2H3,(H,45,47). The Hall–Kier alpha value is -3.34. The van der Waals surface area contributed by atoms with Crippen LogP contribution >= 0.6 is 0 Å². The van der Waals surface area contributed by atoms with E-state index in [-0.39, 0.29) is 31.8 Å². The van der Waals surface area contributed by atoms with Gasteiger partial charge in [-0.2, -0.15) is 0 Å². The van der Waals surface area contributed by atoms with Crippen molar-refractivity contribution in [2.75, 3.05) is 39.5 Å². The molecule has 0 saturated carbocycles. The van der Waals surface area contributed by atoms with Gasteiger partial charge in [-0.3, -0.25) is 19.2 Å². The molecule has 4 atom stereocenters. The largest absolute Gasteiger partial charge is 0.466 e. The van der Waals surface area contributed by atoms with Crippen LogP contribution in [0.5, 0.6) is 0 Å². The molecule has 0 bridgehead atoms. The van der Waals surface area contributed by atoms with Crippen molar-refractivity contribution in [3.8, 4) is 0 Å². The first-order chi connectivity index (χ1) is 49.4. The number of unbranched alkanes of at least 4 members (excludes halogenated alkanes) is 54. The molecule has 598 valence electrons. The minimum Gasteiger partial charge on any atom is -0.466 e. The Morgan fingerprint density at radius 2 is 0.475 bits per heavy atom. The Balaban J connectivity index is 0. The third-order valence-corrected chi connectivity index (χ3v) is 19.8. The SMILES string of the molecule is CCCCCCCCCCCCCCCCOC(=O)CC(NC(=O)C(N)CCCCN)C(=O)OCCCCCCCCCCCCCCCC.CCCCCCCCCCCCCCCCOC(=O)CCC(NC(=O)C(N)CCCCN)C(=O)OCCCCCCCCCCCCCCCC. The Morgan fingerprint density at radius 3 is 0.733 bits per heavy atom. The Morgan fingerprint density at radius 1 is 0.257 bits per heavy atom. The molecule has 0 aromatic heterocycles. The smallest absolute Gasteiger partial charge is 0.329 e. The first kappa shape index (κ1) is 99.7. The van der Waals surface area contributed by atoms with E-state index in [1.165, 1.54) is 289 Å². The summed E-state index contributed by atoms with van der Waals surface area (Å²) in [6, 6.07) is -3.52. The third kappa shape index (κ3) is 74.7. The lowest BCUT2D eigenvalue weighted by Gasteiger charge is -2.20. The van der Waals surface area contributed by atoms with E-state index in [9.17, 15) is 28.8 Å². The molecule has 0 aliphatic heterocycles. The summed E-state index contributed by atoms with van der Waals surface area (Å²) >= 11 is 0. The summed E-state index contributed by atoms with van der Waals surface area (Å²) in [7, 11) is 0. The van der Waals surface area contributed by atoms with Crippen molar-refractivity contribution in [2.45, 2.75) is 469 Å². The minimum atomic E-state index is -1.10. The van der Waals surface area contributed by atoms with Crippen LogP contribution in [0, 0.1) is 0 Å². The van der Waals surface area contributed by atoms with Gasteiger partial charge >= 0.3 is 23.9 Å². The molecular formula is C85H168N6O10. The fourth-order valence-corrected chi connectivity index (χ4v) is 12.9. The highest BCUT2D eigenvalue weighted by Gasteiger charge is 2.29. The van der Waals surface area contributed by atoms with Gasteiger partial charge in [-0.15, -0.1) is 0 Å². The number of ether oxygens (including phenoxy) is 4. The lowest BCUT2D eigenvalue weighted by atomic mass is 10.0. The maximum Gasteiger partial charge on any atom is 0.329 e. The van der Waals surface area contributed by atoms with E-state index >= 15 is 0 Å². The van der Waals surface area contributed by atoms with E-state index in [0.29, 0.717) is 45.8 Å². The molecule has 16 nitrogen and oxygen atoms in total. The zero-order chi connectivity index (χ0) is 74.2. The number of carbonyl (C=O) groups excluding carboxylic acids is 6. The van der Waals surface area contributed by atoms with Crippen molar-refractivity contribution >= 4 is 35.7 Å². The molecule has 0 heterocycles. The average molecular weight is 1430 g/mol. The second-order valence-electron chi connectivity index (χ2n) is 29.8. The normalized spacial score (nSPS) is 12.5. The lowest BCUT2D eigenvalue weighted by molar-refractivity contribution is -0.154. The number of esters is 4. The van der Waals surface area contributed by atoms with Gasteiger partial charge in [-0.05, 0) is 70.9 Å². The highest BCUT2D eigenvalue weighted by molar-refractivity contribution is 5.90. The van der Waals surface area contributed by atoms with Crippen LogP contribution in [0.1, 0.15) is 445 Å². The van der Waals surface area contributed by atoms with Crippen molar-refractivity contribution in [3.63, 3.8) is 0 Å². The van der Waals surface area contributed by atoms with Gasteiger partial charge in [0.25, 0.3) is 0 Å². The molecule has 0 aromatic rings. The first-order valence-corrected chi connectivity index (χ1v) is 43.6. The van der Waals surface area contributed by atoms with E-state index < -0.39 is 53.9 Å². The topological polar surface area (TPSA) is 267 Å². The Kier molecular flexibility index (Phi) is 81.3. The van der Waals surface area contributed by atoms with Crippen molar-refractivity contribution in [1.29, 1.82) is 0 Å². The van der Waals surface area contributed by atoms with E-state index in [0.717, 1.165) is 96.3 Å². The summed E-state index contributed by atoms with van der Waals surface area (Å²) in [5, 5.41) is 5.41. The van der Waals surface area contributed by atoms with Crippen LogP contribution < -0.4 is 33.6 Å². The molecule has 0 saturated heterocycles. The van der Waals surface area contributed by atoms with E-state index in [2.05, 4.69) is 38.3 Å². The molecular weight excluding hydrogens is 1260 g/mol. The number of hydrogen-bond donors (Lipinski definition) is 6. The highest BCUT2D eigenvalue weighted by atomic mass is 16.5. The maximum absolute atomic E-state index is 13.0. The van der Waals surface area contributed by atoms with Crippen molar-refractivity contribution in [1.82, 2.24) is 10.6 Å². The van der Waals surface area contributed by atoms with E-state index in [1.807, 2.05) is 0 Å². The summed E-state index contributed by atoms with van der Waals surface area (Å²) in [6.45, 7) is 11.4. The second-order valence-corrected chi connectivity index (χ2v) is 29.8. The fraction of sp³-hybridized carbons (Fsp3) is 0.929. The minimum absolute atomic E-state index is 0.0416. The fourth-order valence-electron chi connectivity index (χ4n) is 12.9. The monoisotopic (exact) mass is 1430 g/mol. The van der Waals surface area contributed by atoms with E-state index in [4.69, 9.17) is 41.9 Å². The van der Waals surface area contributed by atoms with Crippen molar-refractivity contribution in [2.24, 2.45) is 22.9 Å². The van der Waals surface area contributed by atoms with Gasteiger partial charge in [-0.25, -0.2) is 9.59 Å². The molecule has 101 heavy (non-hydrogen) atoms. The zero-order valence-corrected chi connectivity index (χ0v) is 66.9. The highest BCUT2D eigenvalue weighted by Crippen LogP contribution is 2.19. The Bertz CT molecular complexity index is 1800. The van der Waals surface area contributed by atoms with Crippen LogP contribution in [0.4, 0.5) is 0 Å². The van der Waals surface area contributed by atoms with Crippen LogP contribution in [-0.2, 0) is 47.7 Å². The molecule has 16 heteroatoms. The van der Waals surface area contributed by atoms with Crippen LogP contribution in [0.25, 0.3) is 0 Å². The number of hydrogen-bond acceptors (Lipinski definition) is 14. The summed E-state index contributed by atoms with van der Waals surface area (Å²) < 4.78 is 21.9. The molecule has 0 spiro atoms. The van der Waals surface area contributed by atoms with Gasteiger partial charge in [0, 0.05) is 6.42 Å². The van der Waals surface area contributed by atoms with Crippen molar-refractivity contribution < 1.29 is 47.7 Å². The van der Waals surface area contributed by atoms with Crippen LogP contribution in [0.2, 0.25) is 0 Å². The summed E-state index contributed by atoms with van der Waals surface area (Å²) in [4.78, 5) is 76.5. The van der Waals surface area contributed by atoms with Crippen LogP contribution in [0.15, 0.2) is 0 Å². The first-order valence-electron chi connectivity index (χ1n) is 43.6. The predicted molar refractivity (Wildman–Crippen MR) is 425 cm³/mol. The lowest BCUT2D eigenvalue weighted by Crippen LogP contribution is -2.49. The molecule has 0 aliphatic carbocycles. The summed E-state index contributed by atoms with van der Waals surface area (Å²) in [5.41, 5.74) is 23.2. The molecule has 2 amide bonds. The van der Waals surface area contributed by atoms with Crippen LogP contribution in [0.3, 0.4) is 0 Å². The number of rotatable bonds is 79. The predicted octanol–water partition coefficient (Wildman–Crippen LogP) is 21.1. The number of amides is 2. The number of carbonyl (C=O) groups is 6. The van der Waals surface area contributed by atoms with Gasteiger partial charge in [0.2, 0.25) is 11.8 Å². The molecule has 0 fully saturated rings. The average Bonchev–Trinajstić information content (AvgIpc) is 0.928. The Labute approximate surface area is 622 Å². The van der Waals surface area contributed by atoms with Gasteiger partial charge in [-0.1, -0.05) is 374 Å². The number of nitrogens with one attached hydrogen (secondary N) is 2. The second kappa shape index (κ2) is 82.3. The van der Waals surface area contributed by atoms with Gasteiger partial charge < -0.3 is 52.5 Å². The van der Waals surface area contributed by atoms with Crippen molar-refractivity contribution in [3.05, 3.63) is 0 Å². The number of nitrogens with two attached hydrogens (primary N) is 4. The zero-order valence-electron chi connectivity index (χ0n) is 66.9. The van der Waals surface area contributed by atoms with E-state index in [1.54, 1.807) is 0 Å². The van der Waals surface area contributed by atoms with Gasteiger partial charge in [0.1, 0.15) is 12.1 Å². The molecule has 10 N–H and O–H groups in total. The van der Waals surface area contributed by atoms with Gasteiger partial charge in [0.05, 0.1) is 44.9 Å². The molecule has 0 radical (unpaired) electrons. The molecule has 0 rings (SSSR count). The third-order valence-electron chi connectivity index (χ3n) is 19.8. The van der Waals surface area contributed by atoms with Crippen LogP contribution in [-0.4, -0.2) is 99.4 Å². The van der Waals surface area contributed by atoms with Gasteiger partial charge in [0.15, 0.2) is 0 Å².